The Balaban J connectivity index is 1.68. The van der Waals surface area contributed by atoms with E-state index in [4.69, 9.17) is 4.74 Å². The third kappa shape index (κ3) is 3.53. The lowest BCUT2D eigenvalue weighted by atomic mass is 9.69. The summed E-state index contributed by atoms with van der Waals surface area (Å²) < 4.78 is 6.48. The summed E-state index contributed by atoms with van der Waals surface area (Å²) in [6.07, 6.45) is 6.81. The van der Waals surface area contributed by atoms with Gasteiger partial charge >= 0.3 is 5.97 Å². The quantitative estimate of drug-likeness (QED) is 0.800. The average Bonchev–Trinajstić information content (AvgIpc) is 2.76. The Morgan fingerprint density at radius 2 is 1.30 bits per heavy atom. The minimum atomic E-state index is -0.511. The first-order valence-electron chi connectivity index (χ1n) is 10.3. The summed E-state index contributed by atoms with van der Waals surface area (Å²) in [6.45, 7) is 1.75. The summed E-state index contributed by atoms with van der Waals surface area (Å²) >= 11 is 0. The second kappa shape index (κ2) is 7.85. The minimum absolute atomic E-state index is 0.0286. The highest BCUT2D eigenvalue weighted by atomic mass is 16.6. The van der Waals surface area contributed by atoms with E-state index in [2.05, 4.69) is 29.6 Å². The zero-order valence-corrected chi connectivity index (χ0v) is 16.0. The van der Waals surface area contributed by atoms with E-state index >= 15 is 0 Å². The molecule has 0 spiro atoms. The zero-order valence-electron chi connectivity index (χ0n) is 16.0. The molecule has 0 unspecified atom stereocenters. The van der Waals surface area contributed by atoms with E-state index < -0.39 is 11.0 Å². The van der Waals surface area contributed by atoms with Crippen LogP contribution in [0.2, 0.25) is 0 Å². The zero-order chi connectivity index (χ0) is 18.6. The van der Waals surface area contributed by atoms with Crippen LogP contribution in [0, 0.1) is 0 Å². The predicted molar refractivity (Wildman–Crippen MR) is 108 cm³/mol. The van der Waals surface area contributed by atoms with Crippen molar-refractivity contribution >= 4 is 5.97 Å². The van der Waals surface area contributed by atoms with Crippen LogP contribution in [0.15, 0.2) is 60.7 Å². The van der Waals surface area contributed by atoms with E-state index in [0.29, 0.717) is 0 Å². The van der Waals surface area contributed by atoms with Gasteiger partial charge in [-0.15, -0.1) is 0 Å². The van der Waals surface area contributed by atoms with Gasteiger partial charge in [-0.1, -0.05) is 79.9 Å². The summed E-state index contributed by atoms with van der Waals surface area (Å²) in [5.74, 6) is -0.0286. The summed E-state index contributed by atoms with van der Waals surface area (Å²) in [5, 5.41) is 3.41. The third-order valence-corrected chi connectivity index (χ3v) is 6.42. The van der Waals surface area contributed by atoms with Gasteiger partial charge in [0.1, 0.15) is 5.60 Å². The number of carbonyl (C=O) groups excluding carboxylic acids is 1. The minimum Gasteiger partial charge on any atom is -0.453 e. The van der Waals surface area contributed by atoms with E-state index in [0.717, 1.165) is 62.7 Å². The standard InChI is InChI=1S/C24H29NO2/c26-22(23(14-8-3-9-15-23)20-10-4-1-5-11-20)27-24(16-18-25-19-17-24)21-12-6-2-7-13-21/h1-2,4-7,10-13,25H,3,8-9,14-19H2. The average molecular weight is 364 g/mol. The van der Waals surface area contributed by atoms with Gasteiger partial charge in [0.05, 0.1) is 5.41 Å². The highest BCUT2D eigenvalue weighted by Crippen LogP contribution is 2.44. The first kappa shape index (κ1) is 18.2. The maximum absolute atomic E-state index is 13.7. The van der Waals surface area contributed by atoms with Crippen LogP contribution in [-0.2, 0) is 20.5 Å². The number of rotatable bonds is 4. The van der Waals surface area contributed by atoms with Crippen molar-refractivity contribution in [2.75, 3.05) is 13.1 Å². The van der Waals surface area contributed by atoms with Crippen LogP contribution in [-0.4, -0.2) is 19.1 Å². The molecule has 2 fully saturated rings. The number of ether oxygens (including phenoxy) is 1. The smallest absolute Gasteiger partial charge is 0.317 e. The van der Waals surface area contributed by atoms with E-state index in [1.54, 1.807) is 0 Å². The van der Waals surface area contributed by atoms with E-state index in [-0.39, 0.29) is 5.97 Å². The Hall–Kier alpha value is -2.13. The molecule has 0 bridgehead atoms. The van der Waals surface area contributed by atoms with Gasteiger partial charge in [-0.25, -0.2) is 0 Å². The van der Waals surface area contributed by atoms with Gasteiger partial charge in [-0.05, 0) is 37.1 Å². The molecule has 0 radical (unpaired) electrons. The molecule has 27 heavy (non-hydrogen) atoms. The van der Waals surface area contributed by atoms with Crippen molar-refractivity contribution in [1.29, 1.82) is 0 Å². The van der Waals surface area contributed by atoms with Gasteiger partial charge < -0.3 is 10.1 Å². The fraction of sp³-hybridized carbons (Fsp3) is 0.458. The highest BCUT2D eigenvalue weighted by molar-refractivity contribution is 5.84. The van der Waals surface area contributed by atoms with Crippen molar-refractivity contribution in [2.24, 2.45) is 0 Å². The summed E-state index contributed by atoms with van der Waals surface area (Å²) in [4.78, 5) is 13.7. The molecule has 1 aliphatic heterocycles. The highest BCUT2D eigenvalue weighted by Gasteiger charge is 2.47. The van der Waals surface area contributed by atoms with Crippen LogP contribution in [0.1, 0.15) is 56.1 Å². The molecule has 4 rings (SSSR count). The molecule has 0 aromatic heterocycles. The van der Waals surface area contributed by atoms with Crippen LogP contribution in [0.4, 0.5) is 0 Å². The predicted octanol–water partition coefficient (Wildman–Crippen LogP) is 4.71. The van der Waals surface area contributed by atoms with Crippen molar-refractivity contribution in [3.8, 4) is 0 Å². The monoisotopic (exact) mass is 363 g/mol. The Labute approximate surface area is 162 Å². The third-order valence-electron chi connectivity index (χ3n) is 6.42. The van der Waals surface area contributed by atoms with Crippen molar-refractivity contribution < 1.29 is 9.53 Å². The fourth-order valence-electron chi connectivity index (χ4n) is 4.82. The Bertz CT molecular complexity index is 744. The van der Waals surface area contributed by atoms with Gasteiger partial charge in [0, 0.05) is 12.8 Å². The number of piperidine rings is 1. The number of hydrogen-bond acceptors (Lipinski definition) is 3. The SMILES string of the molecule is O=C(OC1(c2ccccc2)CCNCC1)C1(c2ccccc2)CCCCC1. The summed E-state index contributed by atoms with van der Waals surface area (Å²) in [6, 6.07) is 20.6. The van der Waals surface area contributed by atoms with Crippen molar-refractivity contribution in [3.63, 3.8) is 0 Å². The second-order valence-electron chi connectivity index (χ2n) is 8.01. The van der Waals surface area contributed by atoms with Crippen molar-refractivity contribution in [3.05, 3.63) is 71.8 Å². The molecule has 2 aliphatic rings. The molecular weight excluding hydrogens is 334 g/mol. The van der Waals surface area contributed by atoms with E-state index in [1.165, 1.54) is 6.42 Å². The molecule has 3 nitrogen and oxygen atoms in total. The van der Waals surface area contributed by atoms with Gasteiger partial charge in [0.15, 0.2) is 0 Å². The Morgan fingerprint density at radius 3 is 1.89 bits per heavy atom. The van der Waals surface area contributed by atoms with Crippen LogP contribution >= 0.6 is 0 Å². The molecule has 1 saturated carbocycles. The number of carbonyl (C=O) groups is 1. The Kier molecular flexibility index (Phi) is 5.31. The molecular formula is C24H29NO2. The molecule has 2 aromatic carbocycles. The lowest BCUT2D eigenvalue weighted by Crippen LogP contribution is -2.48. The maximum Gasteiger partial charge on any atom is 0.317 e. The first-order valence-corrected chi connectivity index (χ1v) is 10.3. The number of benzene rings is 2. The summed E-state index contributed by atoms with van der Waals surface area (Å²) in [7, 11) is 0. The molecule has 142 valence electrons. The molecule has 1 N–H and O–H groups in total. The van der Waals surface area contributed by atoms with Crippen LogP contribution < -0.4 is 5.32 Å². The lowest BCUT2D eigenvalue weighted by molar-refractivity contribution is -0.173. The molecule has 1 aliphatic carbocycles. The van der Waals surface area contributed by atoms with Gasteiger partial charge in [0.25, 0.3) is 0 Å². The molecule has 0 amide bonds. The maximum atomic E-state index is 13.7. The van der Waals surface area contributed by atoms with Crippen molar-refractivity contribution in [2.45, 2.75) is 56.0 Å². The molecule has 2 aromatic rings. The summed E-state index contributed by atoms with van der Waals surface area (Å²) in [5.41, 5.74) is 1.24. The molecule has 3 heteroatoms. The number of hydrogen-bond donors (Lipinski definition) is 1. The molecule has 1 heterocycles. The lowest BCUT2D eigenvalue weighted by Gasteiger charge is -2.42. The van der Waals surface area contributed by atoms with E-state index in [1.807, 2.05) is 36.4 Å². The van der Waals surface area contributed by atoms with Crippen molar-refractivity contribution in [1.82, 2.24) is 5.32 Å². The Morgan fingerprint density at radius 1 is 0.741 bits per heavy atom. The van der Waals surface area contributed by atoms with Gasteiger partial charge in [-0.3, -0.25) is 4.79 Å². The molecule has 0 atom stereocenters. The van der Waals surface area contributed by atoms with E-state index in [9.17, 15) is 4.79 Å². The largest absolute Gasteiger partial charge is 0.453 e. The molecule has 1 saturated heterocycles. The number of nitrogens with one attached hydrogen (secondary N) is 1. The first-order chi connectivity index (χ1) is 13.3. The number of esters is 1. The fourth-order valence-corrected chi connectivity index (χ4v) is 4.82. The van der Waals surface area contributed by atoms with Crippen LogP contribution in [0.3, 0.4) is 0 Å². The van der Waals surface area contributed by atoms with Gasteiger partial charge in [-0.2, -0.15) is 0 Å². The van der Waals surface area contributed by atoms with Crippen LogP contribution in [0.25, 0.3) is 0 Å². The normalized spacial score (nSPS) is 21.3. The topological polar surface area (TPSA) is 38.3 Å². The van der Waals surface area contributed by atoms with Gasteiger partial charge in [0.2, 0.25) is 0 Å². The van der Waals surface area contributed by atoms with Crippen LogP contribution in [0.5, 0.6) is 0 Å². The second-order valence-corrected chi connectivity index (χ2v) is 8.01.